The summed E-state index contributed by atoms with van der Waals surface area (Å²) >= 11 is 0. The van der Waals surface area contributed by atoms with Crippen LogP contribution in [0.3, 0.4) is 0 Å². The van der Waals surface area contributed by atoms with Gasteiger partial charge in [0, 0.05) is 0 Å². The number of nitrogens with two attached hydrogens (primary N) is 1. The average molecular weight is 114 g/mol. The Labute approximate surface area is 46.4 Å². The minimum atomic E-state index is -0.229. The molecule has 0 radical (unpaired) electrons. The number of rotatable bonds is 0. The summed E-state index contributed by atoms with van der Waals surface area (Å²) in [5, 5.41) is 0.708. The zero-order chi connectivity index (χ0) is 5.98. The maximum absolute atomic E-state index is 10.4. The van der Waals surface area contributed by atoms with E-state index in [0.29, 0.717) is 11.6 Å². The number of hydroxylamine groups is 1. The van der Waals surface area contributed by atoms with Crippen molar-refractivity contribution in [3.8, 4) is 0 Å². The fourth-order valence-electron chi connectivity index (χ4n) is 0.406. The first-order chi connectivity index (χ1) is 3.80. The predicted molar refractivity (Wildman–Crippen MR) is 25.9 cm³/mol. The number of amides is 1. The number of carbonyl (C=O) groups is 1. The van der Waals surface area contributed by atoms with Gasteiger partial charge in [0.05, 0.1) is 6.42 Å². The molecule has 0 bridgehead atoms. The van der Waals surface area contributed by atoms with Gasteiger partial charge < -0.3 is 4.84 Å². The number of hydrogen-bond acceptors (Lipinski definition) is 3. The molecule has 0 atom stereocenters. The summed E-state index contributed by atoms with van der Waals surface area (Å²) in [4.78, 5) is 14.9. The van der Waals surface area contributed by atoms with Gasteiger partial charge in [0.1, 0.15) is 6.26 Å². The Morgan fingerprint density at radius 1 is 1.88 bits per heavy atom. The lowest BCUT2D eigenvalue weighted by molar-refractivity contribution is -0.171. The Balaban J connectivity index is 2.57. The Bertz CT molecular complexity index is 132. The van der Waals surface area contributed by atoms with Gasteiger partial charge in [-0.25, -0.2) is 5.84 Å². The normalized spacial score (nSPS) is 18.6. The third-order valence-electron chi connectivity index (χ3n) is 0.809. The van der Waals surface area contributed by atoms with Crippen LogP contribution in [0.4, 0.5) is 0 Å². The van der Waals surface area contributed by atoms with E-state index in [1.54, 1.807) is 6.08 Å². The van der Waals surface area contributed by atoms with Crippen molar-refractivity contribution in [2.45, 2.75) is 6.42 Å². The maximum atomic E-state index is 10.4. The smallest absolute Gasteiger partial charge is 0.276 e. The van der Waals surface area contributed by atoms with Gasteiger partial charge in [-0.1, -0.05) is 0 Å². The van der Waals surface area contributed by atoms with Crippen molar-refractivity contribution in [1.29, 1.82) is 0 Å². The molecule has 0 aromatic rings. The van der Waals surface area contributed by atoms with Crippen molar-refractivity contribution >= 4 is 5.91 Å². The van der Waals surface area contributed by atoms with Crippen LogP contribution in [0.5, 0.6) is 0 Å². The van der Waals surface area contributed by atoms with Gasteiger partial charge in [0.15, 0.2) is 0 Å². The maximum Gasteiger partial charge on any atom is 0.276 e. The van der Waals surface area contributed by atoms with Crippen molar-refractivity contribution in [3.63, 3.8) is 0 Å². The molecular weight excluding hydrogens is 108 g/mol. The van der Waals surface area contributed by atoms with Crippen LogP contribution in [-0.2, 0) is 9.63 Å². The molecule has 0 aliphatic carbocycles. The summed E-state index contributed by atoms with van der Waals surface area (Å²) < 4.78 is 0. The minimum absolute atomic E-state index is 0.229. The molecule has 2 N–H and O–H groups in total. The van der Waals surface area contributed by atoms with E-state index in [2.05, 4.69) is 4.84 Å². The SMILES string of the molecule is NN1OC=CCC1=O. The van der Waals surface area contributed by atoms with Gasteiger partial charge in [0.25, 0.3) is 5.91 Å². The largest absolute Gasteiger partial charge is 0.369 e. The van der Waals surface area contributed by atoms with E-state index < -0.39 is 0 Å². The molecule has 1 heterocycles. The Kier molecular flexibility index (Phi) is 1.17. The summed E-state index contributed by atoms with van der Waals surface area (Å²) in [5.74, 6) is 4.76. The van der Waals surface area contributed by atoms with Crippen LogP contribution in [0.1, 0.15) is 6.42 Å². The number of hydrazine groups is 1. The Hall–Kier alpha value is -1.03. The Morgan fingerprint density at radius 3 is 3.00 bits per heavy atom. The highest BCUT2D eigenvalue weighted by Crippen LogP contribution is 1.97. The van der Waals surface area contributed by atoms with Crippen LogP contribution >= 0.6 is 0 Å². The molecule has 4 nitrogen and oxygen atoms in total. The molecule has 44 valence electrons. The summed E-state index contributed by atoms with van der Waals surface area (Å²) in [7, 11) is 0. The van der Waals surface area contributed by atoms with E-state index in [-0.39, 0.29) is 5.91 Å². The standard InChI is InChI=1S/C4H6N2O2/c5-6-4(7)2-1-3-8-6/h1,3H,2,5H2. The first-order valence-electron chi connectivity index (χ1n) is 2.20. The fourth-order valence-corrected chi connectivity index (χ4v) is 0.406. The van der Waals surface area contributed by atoms with Gasteiger partial charge in [-0.2, -0.15) is 0 Å². The molecule has 1 aliphatic rings. The quantitative estimate of drug-likeness (QED) is 0.342. The third-order valence-corrected chi connectivity index (χ3v) is 0.809. The number of hydrogen-bond donors (Lipinski definition) is 1. The van der Waals surface area contributed by atoms with Crippen LogP contribution < -0.4 is 5.84 Å². The van der Waals surface area contributed by atoms with Crippen LogP contribution in [0, 0.1) is 0 Å². The zero-order valence-corrected chi connectivity index (χ0v) is 4.20. The van der Waals surface area contributed by atoms with E-state index in [1.807, 2.05) is 0 Å². The highest BCUT2D eigenvalue weighted by Gasteiger charge is 2.10. The first-order valence-corrected chi connectivity index (χ1v) is 2.20. The lowest BCUT2D eigenvalue weighted by Crippen LogP contribution is -2.37. The van der Waals surface area contributed by atoms with Crippen LogP contribution in [0.2, 0.25) is 0 Å². The molecule has 0 saturated carbocycles. The van der Waals surface area contributed by atoms with Gasteiger partial charge >= 0.3 is 0 Å². The molecule has 0 aromatic carbocycles. The molecule has 0 aromatic heterocycles. The van der Waals surface area contributed by atoms with Crippen molar-refractivity contribution in [3.05, 3.63) is 12.3 Å². The van der Waals surface area contributed by atoms with E-state index in [4.69, 9.17) is 5.84 Å². The molecule has 1 amide bonds. The topological polar surface area (TPSA) is 55.6 Å². The zero-order valence-electron chi connectivity index (χ0n) is 4.20. The van der Waals surface area contributed by atoms with Crippen molar-refractivity contribution < 1.29 is 9.63 Å². The first kappa shape index (κ1) is 5.11. The summed E-state index contributed by atoms with van der Waals surface area (Å²) in [6, 6.07) is 0. The van der Waals surface area contributed by atoms with Gasteiger partial charge in [-0.15, -0.1) is 5.17 Å². The number of carbonyl (C=O) groups excluding carboxylic acids is 1. The lowest BCUT2D eigenvalue weighted by atomic mass is 10.4. The third kappa shape index (κ3) is 0.788. The summed E-state index contributed by atoms with van der Waals surface area (Å²) in [5.41, 5.74) is 0. The fraction of sp³-hybridized carbons (Fsp3) is 0.250. The molecule has 4 heteroatoms. The second-order valence-corrected chi connectivity index (χ2v) is 1.40. The second-order valence-electron chi connectivity index (χ2n) is 1.40. The summed E-state index contributed by atoms with van der Waals surface area (Å²) in [6.07, 6.45) is 3.31. The molecule has 0 saturated heterocycles. The molecule has 0 fully saturated rings. The van der Waals surface area contributed by atoms with Crippen molar-refractivity contribution in [2.24, 2.45) is 5.84 Å². The second kappa shape index (κ2) is 1.83. The van der Waals surface area contributed by atoms with E-state index in [9.17, 15) is 4.79 Å². The minimum Gasteiger partial charge on any atom is -0.369 e. The highest BCUT2D eigenvalue weighted by molar-refractivity contribution is 5.76. The van der Waals surface area contributed by atoms with E-state index in [0.717, 1.165) is 0 Å². The van der Waals surface area contributed by atoms with Gasteiger partial charge in [-0.3, -0.25) is 4.79 Å². The average Bonchev–Trinajstić information content (AvgIpc) is 1.77. The molecular formula is C4H6N2O2. The number of nitrogens with zero attached hydrogens (tertiary/aromatic N) is 1. The molecule has 0 unspecified atom stereocenters. The predicted octanol–water partition coefficient (Wildman–Crippen LogP) is -0.462. The monoisotopic (exact) mass is 114 g/mol. The van der Waals surface area contributed by atoms with E-state index in [1.165, 1.54) is 6.26 Å². The van der Waals surface area contributed by atoms with E-state index >= 15 is 0 Å². The lowest BCUT2D eigenvalue weighted by Gasteiger charge is -2.15. The molecule has 8 heavy (non-hydrogen) atoms. The van der Waals surface area contributed by atoms with Crippen molar-refractivity contribution in [2.75, 3.05) is 0 Å². The molecule has 1 aliphatic heterocycles. The van der Waals surface area contributed by atoms with Crippen LogP contribution in [-0.4, -0.2) is 11.1 Å². The highest BCUT2D eigenvalue weighted by atomic mass is 16.7. The van der Waals surface area contributed by atoms with Gasteiger partial charge in [0.2, 0.25) is 0 Å². The molecule has 1 rings (SSSR count). The van der Waals surface area contributed by atoms with Gasteiger partial charge in [-0.05, 0) is 6.08 Å². The Morgan fingerprint density at radius 2 is 2.62 bits per heavy atom. The van der Waals surface area contributed by atoms with Crippen LogP contribution in [0.15, 0.2) is 12.3 Å². The summed E-state index contributed by atoms with van der Waals surface area (Å²) in [6.45, 7) is 0. The van der Waals surface area contributed by atoms with Crippen LogP contribution in [0.25, 0.3) is 0 Å². The van der Waals surface area contributed by atoms with Crippen molar-refractivity contribution in [1.82, 2.24) is 5.17 Å². The molecule has 0 spiro atoms.